The van der Waals surface area contributed by atoms with Gasteiger partial charge in [0.15, 0.2) is 0 Å². The Morgan fingerprint density at radius 2 is 1.90 bits per heavy atom. The number of carboxylic acid groups (broad SMARTS) is 1. The molecule has 0 radical (unpaired) electrons. The third kappa shape index (κ3) is 3.79. The SMILES string of the molecule is Cc1ccc(Cc2cc(C(O)=CC(=O)C(=O)O)n[nH]2)cc1. The van der Waals surface area contributed by atoms with Gasteiger partial charge in [-0.1, -0.05) is 29.8 Å². The molecule has 0 saturated carbocycles. The highest BCUT2D eigenvalue weighted by molar-refractivity contribution is 6.38. The van der Waals surface area contributed by atoms with Gasteiger partial charge in [-0.05, 0) is 18.6 Å². The highest BCUT2D eigenvalue weighted by Gasteiger charge is 2.12. The van der Waals surface area contributed by atoms with Crippen LogP contribution in [-0.2, 0) is 16.0 Å². The lowest BCUT2D eigenvalue weighted by atomic mass is 10.1. The number of aryl methyl sites for hydroxylation is 1. The zero-order valence-corrected chi connectivity index (χ0v) is 11.3. The van der Waals surface area contributed by atoms with Gasteiger partial charge in [0.05, 0.1) is 0 Å². The Labute approximate surface area is 120 Å². The van der Waals surface area contributed by atoms with E-state index in [1.807, 2.05) is 31.2 Å². The van der Waals surface area contributed by atoms with E-state index in [1.54, 1.807) is 6.07 Å². The number of aromatic amines is 1. The van der Waals surface area contributed by atoms with Crippen molar-refractivity contribution in [2.24, 2.45) is 0 Å². The van der Waals surface area contributed by atoms with Crippen molar-refractivity contribution >= 4 is 17.5 Å². The minimum atomic E-state index is -1.63. The largest absolute Gasteiger partial charge is 0.505 e. The molecule has 0 fully saturated rings. The van der Waals surface area contributed by atoms with E-state index < -0.39 is 17.5 Å². The molecule has 1 heterocycles. The maximum Gasteiger partial charge on any atom is 0.376 e. The van der Waals surface area contributed by atoms with Gasteiger partial charge in [0.25, 0.3) is 5.78 Å². The molecular formula is C15H14N2O4. The topological polar surface area (TPSA) is 103 Å². The van der Waals surface area contributed by atoms with Gasteiger partial charge < -0.3 is 10.2 Å². The maximum absolute atomic E-state index is 11.0. The third-order valence-electron chi connectivity index (χ3n) is 2.89. The zero-order chi connectivity index (χ0) is 15.4. The standard InChI is InChI=1S/C15H14N2O4/c1-9-2-4-10(5-3-9)6-11-7-12(17-16-11)13(18)8-14(19)15(20)21/h2-5,7-8,18H,6H2,1H3,(H,16,17)(H,20,21). The van der Waals surface area contributed by atoms with E-state index in [1.165, 1.54) is 0 Å². The summed E-state index contributed by atoms with van der Waals surface area (Å²) in [5, 5.41) is 24.7. The van der Waals surface area contributed by atoms with Crippen LogP contribution < -0.4 is 0 Å². The van der Waals surface area contributed by atoms with Crippen LogP contribution in [0.2, 0.25) is 0 Å². The first-order chi connectivity index (χ1) is 9.95. The van der Waals surface area contributed by atoms with E-state index in [2.05, 4.69) is 10.2 Å². The van der Waals surface area contributed by atoms with Crippen LogP contribution >= 0.6 is 0 Å². The van der Waals surface area contributed by atoms with Crippen molar-refractivity contribution < 1.29 is 19.8 Å². The number of hydrogen-bond donors (Lipinski definition) is 3. The molecule has 0 amide bonds. The van der Waals surface area contributed by atoms with Crippen LogP contribution in [0.15, 0.2) is 36.4 Å². The number of aliphatic carboxylic acids is 1. The predicted molar refractivity (Wildman–Crippen MR) is 75.8 cm³/mol. The lowest BCUT2D eigenvalue weighted by Crippen LogP contribution is -2.09. The molecule has 0 aliphatic carbocycles. The Balaban J connectivity index is 2.12. The van der Waals surface area contributed by atoms with E-state index in [0.717, 1.165) is 16.8 Å². The number of nitrogens with zero attached hydrogens (tertiary/aromatic N) is 1. The van der Waals surface area contributed by atoms with Crippen molar-refractivity contribution in [3.05, 3.63) is 58.9 Å². The van der Waals surface area contributed by atoms with Crippen LogP contribution in [0.5, 0.6) is 0 Å². The fourth-order valence-corrected chi connectivity index (χ4v) is 1.77. The average Bonchev–Trinajstić information content (AvgIpc) is 2.90. The van der Waals surface area contributed by atoms with Gasteiger partial charge in [0.1, 0.15) is 11.5 Å². The van der Waals surface area contributed by atoms with Gasteiger partial charge in [-0.25, -0.2) is 4.79 Å². The minimum absolute atomic E-state index is 0.131. The van der Waals surface area contributed by atoms with Gasteiger partial charge in [-0.2, -0.15) is 5.10 Å². The molecule has 0 atom stereocenters. The molecule has 6 nitrogen and oxygen atoms in total. The van der Waals surface area contributed by atoms with Crippen molar-refractivity contribution in [3.63, 3.8) is 0 Å². The molecule has 0 aliphatic heterocycles. The molecule has 2 aromatic rings. The Hall–Kier alpha value is -2.89. The first-order valence-corrected chi connectivity index (χ1v) is 6.24. The number of aliphatic hydroxyl groups excluding tert-OH is 1. The first kappa shape index (κ1) is 14.5. The van der Waals surface area contributed by atoms with Crippen molar-refractivity contribution in [1.82, 2.24) is 10.2 Å². The Bertz CT molecular complexity index is 699. The van der Waals surface area contributed by atoms with Crippen LogP contribution in [0.1, 0.15) is 22.5 Å². The molecule has 0 aliphatic rings. The third-order valence-corrected chi connectivity index (χ3v) is 2.89. The number of nitrogens with one attached hydrogen (secondary N) is 1. The number of carbonyl (C=O) groups excluding carboxylic acids is 1. The molecule has 6 heteroatoms. The summed E-state index contributed by atoms with van der Waals surface area (Å²) >= 11 is 0. The fourth-order valence-electron chi connectivity index (χ4n) is 1.77. The molecule has 0 bridgehead atoms. The second kappa shape index (κ2) is 6.04. The smallest absolute Gasteiger partial charge is 0.376 e. The number of H-pyrrole nitrogens is 1. The lowest BCUT2D eigenvalue weighted by Gasteiger charge is -1.99. The molecule has 1 aromatic heterocycles. The lowest BCUT2D eigenvalue weighted by molar-refractivity contribution is -0.146. The number of aliphatic hydroxyl groups is 1. The molecule has 0 unspecified atom stereocenters. The molecule has 0 spiro atoms. The molecule has 0 saturated heterocycles. The van der Waals surface area contributed by atoms with Gasteiger partial charge in [0.2, 0.25) is 0 Å². The summed E-state index contributed by atoms with van der Waals surface area (Å²) in [6.45, 7) is 2.00. The average molecular weight is 286 g/mol. The zero-order valence-electron chi connectivity index (χ0n) is 11.3. The number of carboxylic acids is 1. The Morgan fingerprint density at radius 1 is 1.24 bits per heavy atom. The number of rotatable bonds is 5. The second-order valence-electron chi connectivity index (χ2n) is 4.64. The first-order valence-electron chi connectivity index (χ1n) is 6.24. The fraction of sp³-hybridized carbons (Fsp3) is 0.133. The summed E-state index contributed by atoms with van der Waals surface area (Å²) in [6.07, 6.45) is 1.22. The molecule has 3 N–H and O–H groups in total. The van der Waals surface area contributed by atoms with E-state index in [0.29, 0.717) is 12.5 Å². The summed E-state index contributed by atoms with van der Waals surface area (Å²) in [6, 6.07) is 9.53. The number of ketones is 1. The van der Waals surface area contributed by atoms with Crippen LogP contribution in [0.3, 0.4) is 0 Å². The number of benzene rings is 1. The summed E-state index contributed by atoms with van der Waals surface area (Å²) in [5.41, 5.74) is 3.11. The summed E-state index contributed by atoms with van der Waals surface area (Å²) in [5.74, 6) is -3.30. The molecule has 1 aromatic carbocycles. The van der Waals surface area contributed by atoms with Crippen LogP contribution in [0, 0.1) is 6.92 Å². The van der Waals surface area contributed by atoms with Crippen LogP contribution in [0.4, 0.5) is 0 Å². The second-order valence-corrected chi connectivity index (χ2v) is 4.64. The normalized spacial score (nSPS) is 11.4. The summed E-state index contributed by atoms with van der Waals surface area (Å²) in [4.78, 5) is 21.4. The quantitative estimate of drug-likeness (QED) is 0.442. The van der Waals surface area contributed by atoms with Gasteiger partial charge in [-0.3, -0.25) is 9.89 Å². The Kier molecular flexibility index (Phi) is 4.18. The molecule has 21 heavy (non-hydrogen) atoms. The van der Waals surface area contributed by atoms with Crippen molar-refractivity contribution in [2.75, 3.05) is 0 Å². The maximum atomic E-state index is 11.0. The van der Waals surface area contributed by atoms with E-state index >= 15 is 0 Å². The van der Waals surface area contributed by atoms with Gasteiger partial charge in [-0.15, -0.1) is 0 Å². The number of carbonyl (C=O) groups is 2. The molecule has 2 rings (SSSR count). The highest BCUT2D eigenvalue weighted by Crippen LogP contribution is 2.13. The number of hydrogen-bond acceptors (Lipinski definition) is 4. The van der Waals surface area contributed by atoms with Crippen molar-refractivity contribution in [2.45, 2.75) is 13.3 Å². The van der Waals surface area contributed by atoms with Gasteiger partial charge >= 0.3 is 5.97 Å². The van der Waals surface area contributed by atoms with E-state index in [9.17, 15) is 14.7 Å². The summed E-state index contributed by atoms with van der Waals surface area (Å²) < 4.78 is 0. The predicted octanol–water partition coefficient (Wildman–Crippen LogP) is 1.86. The minimum Gasteiger partial charge on any atom is -0.505 e. The van der Waals surface area contributed by atoms with Crippen molar-refractivity contribution in [3.8, 4) is 0 Å². The van der Waals surface area contributed by atoms with Gasteiger partial charge in [0, 0.05) is 18.2 Å². The van der Waals surface area contributed by atoms with Crippen molar-refractivity contribution in [1.29, 1.82) is 0 Å². The highest BCUT2D eigenvalue weighted by atomic mass is 16.4. The molecule has 108 valence electrons. The molecular weight excluding hydrogens is 272 g/mol. The van der Waals surface area contributed by atoms with E-state index in [4.69, 9.17) is 5.11 Å². The Morgan fingerprint density at radius 3 is 2.52 bits per heavy atom. The monoisotopic (exact) mass is 286 g/mol. The number of aromatic nitrogens is 2. The summed E-state index contributed by atoms with van der Waals surface area (Å²) in [7, 11) is 0. The van der Waals surface area contributed by atoms with Crippen LogP contribution in [0.25, 0.3) is 5.76 Å². The van der Waals surface area contributed by atoms with E-state index in [-0.39, 0.29) is 5.69 Å². The van der Waals surface area contributed by atoms with Crippen LogP contribution in [-0.4, -0.2) is 32.2 Å².